The lowest BCUT2D eigenvalue weighted by molar-refractivity contribution is -0.134. The van der Waals surface area contributed by atoms with Crippen LogP contribution in [0.25, 0.3) is 5.69 Å². The van der Waals surface area contributed by atoms with Crippen LogP contribution in [-0.2, 0) is 19.7 Å². The Bertz CT molecular complexity index is 1150. The molecule has 0 aliphatic carbocycles. The lowest BCUT2D eigenvalue weighted by atomic mass is 9.92. The van der Waals surface area contributed by atoms with Crippen molar-refractivity contribution >= 4 is 29.2 Å². The second kappa shape index (κ2) is 12.2. The Hall–Kier alpha value is -3.16. The summed E-state index contributed by atoms with van der Waals surface area (Å²) in [6.07, 6.45) is 0.587. The quantitative estimate of drug-likeness (QED) is 0.298. The highest BCUT2D eigenvalue weighted by atomic mass is 35.5. The fourth-order valence-corrected chi connectivity index (χ4v) is 3.95. The number of nitrogens with one attached hydrogen (secondary N) is 1. The molecule has 0 aliphatic heterocycles. The SMILES string of the molecule is COCCCN(CC(=O)Nc1cc(C(C)(C)C)nn1-c1ccc(C)cc1)C(=O)C(Cl)c1ccccc1. The zero-order valence-corrected chi connectivity index (χ0v) is 22.4. The monoisotopic (exact) mass is 510 g/mol. The van der Waals surface area contributed by atoms with Gasteiger partial charge in [0.25, 0.3) is 0 Å². The summed E-state index contributed by atoms with van der Waals surface area (Å²) in [5, 5.41) is 6.84. The van der Waals surface area contributed by atoms with Crippen molar-refractivity contribution < 1.29 is 14.3 Å². The Kier molecular flexibility index (Phi) is 9.29. The van der Waals surface area contributed by atoms with Crippen LogP contribution in [0, 0.1) is 6.92 Å². The van der Waals surface area contributed by atoms with E-state index in [0.717, 1.165) is 16.9 Å². The molecule has 1 N–H and O–H groups in total. The van der Waals surface area contributed by atoms with Gasteiger partial charge < -0.3 is 15.0 Å². The van der Waals surface area contributed by atoms with E-state index in [2.05, 4.69) is 26.1 Å². The molecule has 3 aromatic rings. The number of alkyl halides is 1. The first-order chi connectivity index (χ1) is 17.1. The average molecular weight is 511 g/mol. The van der Waals surface area contributed by atoms with E-state index >= 15 is 0 Å². The molecule has 1 atom stereocenters. The van der Waals surface area contributed by atoms with E-state index in [4.69, 9.17) is 21.4 Å². The van der Waals surface area contributed by atoms with E-state index < -0.39 is 5.38 Å². The number of amides is 2. The first kappa shape index (κ1) is 27.4. The van der Waals surface area contributed by atoms with Gasteiger partial charge in [0.05, 0.1) is 17.9 Å². The van der Waals surface area contributed by atoms with Gasteiger partial charge in [0.2, 0.25) is 11.8 Å². The maximum absolute atomic E-state index is 13.2. The van der Waals surface area contributed by atoms with E-state index in [0.29, 0.717) is 31.0 Å². The minimum Gasteiger partial charge on any atom is -0.385 e. The Balaban J connectivity index is 1.83. The normalized spacial score (nSPS) is 12.3. The molecule has 0 saturated carbocycles. The Labute approximate surface area is 218 Å². The highest BCUT2D eigenvalue weighted by Crippen LogP contribution is 2.27. The van der Waals surface area contributed by atoms with Crippen LogP contribution in [-0.4, -0.2) is 53.3 Å². The molecule has 192 valence electrons. The topological polar surface area (TPSA) is 76.5 Å². The van der Waals surface area contributed by atoms with E-state index in [9.17, 15) is 9.59 Å². The minimum absolute atomic E-state index is 0.136. The smallest absolute Gasteiger partial charge is 0.245 e. The summed E-state index contributed by atoms with van der Waals surface area (Å²) in [7, 11) is 1.60. The summed E-state index contributed by atoms with van der Waals surface area (Å²) < 4.78 is 6.87. The number of ether oxygens (including phenoxy) is 1. The molecule has 2 amide bonds. The van der Waals surface area contributed by atoms with Gasteiger partial charge >= 0.3 is 0 Å². The molecular formula is C28H35ClN4O3. The van der Waals surface area contributed by atoms with Crippen LogP contribution < -0.4 is 5.32 Å². The lowest BCUT2D eigenvalue weighted by Gasteiger charge is -2.24. The van der Waals surface area contributed by atoms with Gasteiger partial charge in [-0.15, -0.1) is 11.6 Å². The second-order valence-corrected chi connectivity index (χ2v) is 10.3. The molecule has 1 heterocycles. The van der Waals surface area contributed by atoms with Gasteiger partial charge in [0.15, 0.2) is 0 Å². The molecule has 0 aliphatic rings. The number of carbonyl (C=O) groups excluding carboxylic acids is 2. The fourth-order valence-electron chi connectivity index (χ4n) is 3.67. The van der Waals surface area contributed by atoms with E-state index in [1.54, 1.807) is 23.9 Å². The van der Waals surface area contributed by atoms with Crippen molar-refractivity contribution in [3.8, 4) is 5.69 Å². The van der Waals surface area contributed by atoms with Crippen LogP contribution >= 0.6 is 11.6 Å². The van der Waals surface area contributed by atoms with E-state index in [1.165, 1.54) is 4.90 Å². The van der Waals surface area contributed by atoms with Crippen LogP contribution in [0.3, 0.4) is 0 Å². The predicted molar refractivity (Wildman–Crippen MR) is 144 cm³/mol. The fraction of sp³-hybridized carbons (Fsp3) is 0.393. The standard InChI is InChI=1S/C28H35ClN4O3/c1-20-12-14-22(15-13-20)33-24(18-23(31-33)28(2,3)4)30-25(34)19-32(16-9-17-36-5)27(35)26(29)21-10-7-6-8-11-21/h6-8,10-15,18,26H,9,16-17,19H2,1-5H3,(H,30,34). The zero-order valence-electron chi connectivity index (χ0n) is 21.6. The highest BCUT2D eigenvalue weighted by Gasteiger charge is 2.27. The van der Waals surface area contributed by atoms with E-state index in [1.807, 2.05) is 55.5 Å². The second-order valence-electron chi connectivity index (χ2n) is 9.84. The van der Waals surface area contributed by atoms with Gasteiger partial charge in [-0.1, -0.05) is 68.8 Å². The van der Waals surface area contributed by atoms with Gasteiger partial charge in [0.1, 0.15) is 11.2 Å². The third-order valence-electron chi connectivity index (χ3n) is 5.76. The first-order valence-corrected chi connectivity index (χ1v) is 12.5. The van der Waals surface area contributed by atoms with Crippen LogP contribution in [0.2, 0.25) is 0 Å². The molecule has 0 fully saturated rings. The minimum atomic E-state index is -0.882. The van der Waals surface area contributed by atoms with Crippen molar-refractivity contribution in [3.05, 3.63) is 77.5 Å². The molecule has 0 radical (unpaired) electrons. The Morgan fingerprint density at radius 1 is 1.11 bits per heavy atom. The molecule has 0 bridgehead atoms. The number of methoxy groups -OCH3 is 1. The van der Waals surface area contributed by atoms with Gasteiger partial charge in [-0.05, 0) is 31.0 Å². The molecule has 8 heteroatoms. The van der Waals surface area contributed by atoms with Gasteiger partial charge in [-0.3, -0.25) is 9.59 Å². The van der Waals surface area contributed by atoms with Gasteiger partial charge in [-0.2, -0.15) is 5.10 Å². The molecule has 0 saturated heterocycles. The lowest BCUT2D eigenvalue weighted by Crippen LogP contribution is -2.40. The molecule has 0 spiro atoms. The number of halogens is 1. The van der Waals surface area contributed by atoms with Gasteiger partial charge in [-0.25, -0.2) is 4.68 Å². The van der Waals surface area contributed by atoms with Crippen LogP contribution in [0.5, 0.6) is 0 Å². The molecule has 1 unspecified atom stereocenters. The number of carbonyl (C=O) groups is 2. The van der Waals surface area contributed by atoms with Crippen LogP contribution in [0.1, 0.15) is 49.4 Å². The number of benzene rings is 2. The molecule has 3 rings (SSSR count). The maximum atomic E-state index is 13.2. The summed E-state index contributed by atoms with van der Waals surface area (Å²) in [6.45, 7) is 8.91. The molecular weight excluding hydrogens is 476 g/mol. The summed E-state index contributed by atoms with van der Waals surface area (Å²) in [5.74, 6) is -0.105. The Morgan fingerprint density at radius 3 is 2.39 bits per heavy atom. The van der Waals surface area contributed by atoms with Crippen molar-refractivity contribution in [2.45, 2.75) is 44.9 Å². The third kappa shape index (κ3) is 7.18. The number of aromatic nitrogens is 2. The largest absolute Gasteiger partial charge is 0.385 e. The zero-order chi connectivity index (χ0) is 26.3. The van der Waals surface area contributed by atoms with Crippen molar-refractivity contribution in [3.63, 3.8) is 0 Å². The van der Waals surface area contributed by atoms with Crippen molar-refractivity contribution in [1.82, 2.24) is 14.7 Å². The van der Waals surface area contributed by atoms with Gasteiger partial charge in [0, 0.05) is 31.7 Å². The Morgan fingerprint density at radius 2 is 1.78 bits per heavy atom. The number of hydrogen-bond donors (Lipinski definition) is 1. The third-order valence-corrected chi connectivity index (χ3v) is 6.19. The first-order valence-electron chi connectivity index (χ1n) is 12.0. The highest BCUT2D eigenvalue weighted by molar-refractivity contribution is 6.30. The molecule has 2 aromatic carbocycles. The number of nitrogens with zero attached hydrogens (tertiary/aromatic N) is 3. The molecule has 1 aromatic heterocycles. The number of anilines is 1. The van der Waals surface area contributed by atoms with Crippen molar-refractivity contribution in [1.29, 1.82) is 0 Å². The number of aryl methyl sites for hydroxylation is 1. The van der Waals surface area contributed by atoms with Crippen LogP contribution in [0.4, 0.5) is 5.82 Å². The van der Waals surface area contributed by atoms with Crippen molar-refractivity contribution in [2.75, 3.05) is 32.1 Å². The summed E-state index contributed by atoms with van der Waals surface area (Å²) in [5.41, 5.74) is 3.29. The number of rotatable bonds is 10. The average Bonchev–Trinajstić information content (AvgIpc) is 3.28. The predicted octanol–water partition coefficient (Wildman–Crippen LogP) is 5.26. The van der Waals surface area contributed by atoms with Crippen molar-refractivity contribution in [2.24, 2.45) is 0 Å². The summed E-state index contributed by atoms with van der Waals surface area (Å²) >= 11 is 6.51. The molecule has 7 nitrogen and oxygen atoms in total. The van der Waals surface area contributed by atoms with Crippen LogP contribution in [0.15, 0.2) is 60.7 Å². The summed E-state index contributed by atoms with van der Waals surface area (Å²) in [4.78, 5) is 27.9. The van der Waals surface area contributed by atoms with E-state index in [-0.39, 0.29) is 23.8 Å². The number of hydrogen-bond acceptors (Lipinski definition) is 4. The molecule has 36 heavy (non-hydrogen) atoms. The maximum Gasteiger partial charge on any atom is 0.245 e. The summed E-state index contributed by atoms with van der Waals surface area (Å²) in [6, 6.07) is 18.9.